The lowest BCUT2D eigenvalue weighted by Gasteiger charge is -2.54. The molecule has 23 heavy (non-hydrogen) atoms. The van der Waals surface area contributed by atoms with Crippen LogP contribution in [0, 0.1) is 28.9 Å². The summed E-state index contributed by atoms with van der Waals surface area (Å²) in [4.78, 5) is 12.5. The highest BCUT2D eigenvalue weighted by Gasteiger charge is 2.60. The topological polar surface area (TPSA) is 38.3 Å². The molecule has 1 N–H and O–H groups in total. The Bertz CT molecular complexity index is 660. The SMILES string of the molecule is CC1(C)[C@H](NC(=O)[C@@H]2C[C@@H]2c2ccc(F)cc2F)[C@H]2CCO[C@H]21. The van der Waals surface area contributed by atoms with Crippen LogP contribution >= 0.6 is 0 Å². The van der Waals surface area contributed by atoms with Gasteiger partial charge in [0.15, 0.2) is 0 Å². The molecule has 5 heteroatoms. The van der Waals surface area contributed by atoms with Gasteiger partial charge in [-0.3, -0.25) is 4.79 Å². The van der Waals surface area contributed by atoms with E-state index in [1.165, 1.54) is 12.1 Å². The Morgan fingerprint density at radius 2 is 2.13 bits per heavy atom. The summed E-state index contributed by atoms with van der Waals surface area (Å²) in [7, 11) is 0. The molecule has 1 aromatic carbocycles. The Hall–Kier alpha value is -1.49. The number of nitrogens with one attached hydrogen (secondary N) is 1. The average Bonchev–Trinajstić information content (AvgIpc) is 3.14. The van der Waals surface area contributed by atoms with E-state index in [2.05, 4.69) is 19.2 Å². The zero-order chi connectivity index (χ0) is 16.4. The number of ether oxygens (including phenoxy) is 1. The predicted octanol–water partition coefficient (Wildman–Crippen LogP) is 3.00. The van der Waals surface area contributed by atoms with Crippen LogP contribution in [-0.4, -0.2) is 24.7 Å². The first kappa shape index (κ1) is 15.1. The van der Waals surface area contributed by atoms with Crippen molar-refractivity contribution < 1.29 is 18.3 Å². The quantitative estimate of drug-likeness (QED) is 0.929. The highest BCUT2D eigenvalue weighted by Crippen LogP contribution is 2.53. The van der Waals surface area contributed by atoms with Crippen LogP contribution in [0.1, 0.15) is 38.2 Å². The molecule has 2 aliphatic carbocycles. The van der Waals surface area contributed by atoms with Crippen LogP contribution < -0.4 is 5.32 Å². The molecule has 0 bridgehead atoms. The fourth-order valence-electron chi connectivity index (χ4n) is 4.51. The summed E-state index contributed by atoms with van der Waals surface area (Å²) < 4.78 is 32.6. The highest BCUT2D eigenvalue weighted by atomic mass is 19.1. The van der Waals surface area contributed by atoms with Gasteiger partial charge in [0.05, 0.1) is 6.10 Å². The van der Waals surface area contributed by atoms with Crippen molar-refractivity contribution >= 4 is 5.91 Å². The first-order chi connectivity index (χ1) is 10.9. The molecule has 0 unspecified atom stereocenters. The molecule has 2 saturated carbocycles. The van der Waals surface area contributed by atoms with E-state index in [-0.39, 0.29) is 35.3 Å². The van der Waals surface area contributed by atoms with Gasteiger partial charge < -0.3 is 10.1 Å². The average molecular weight is 321 g/mol. The molecule has 3 fully saturated rings. The lowest BCUT2D eigenvalue weighted by Crippen LogP contribution is -2.66. The van der Waals surface area contributed by atoms with E-state index in [1.54, 1.807) is 0 Å². The summed E-state index contributed by atoms with van der Waals surface area (Å²) in [5.74, 6) is -1.09. The second kappa shape index (κ2) is 5.00. The van der Waals surface area contributed by atoms with Crippen molar-refractivity contribution in [1.29, 1.82) is 0 Å². The summed E-state index contributed by atoms with van der Waals surface area (Å²) in [5.41, 5.74) is 0.393. The summed E-state index contributed by atoms with van der Waals surface area (Å²) in [6, 6.07) is 3.72. The van der Waals surface area contributed by atoms with Gasteiger partial charge in [0, 0.05) is 36.0 Å². The van der Waals surface area contributed by atoms with Crippen LogP contribution in [-0.2, 0) is 9.53 Å². The minimum absolute atomic E-state index is 0.0119. The van der Waals surface area contributed by atoms with Crippen molar-refractivity contribution in [3.05, 3.63) is 35.4 Å². The fraction of sp³-hybridized carbons (Fsp3) is 0.611. The molecule has 1 amide bonds. The third kappa shape index (κ3) is 2.28. The lowest BCUT2D eigenvalue weighted by molar-refractivity contribution is -0.138. The van der Waals surface area contributed by atoms with Crippen LogP contribution in [0.4, 0.5) is 8.78 Å². The maximum Gasteiger partial charge on any atom is 0.223 e. The van der Waals surface area contributed by atoms with Crippen molar-refractivity contribution in [1.82, 2.24) is 5.32 Å². The highest BCUT2D eigenvalue weighted by molar-refractivity contribution is 5.83. The Balaban J connectivity index is 1.42. The number of hydrogen-bond acceptors (Lipinski definition) is 2. The number of hydrogen-bond donors (Lipinski definition) is 1. The number of carbonyl (C=O) groups is 1. The van der Waals surface area contributed by atoms with Gasteiger partial charge in [-0.15, -0.1) is 0 Å². The monoisotopic (exact) mass is 321 g/mol. The zero-order valence-corrected chi connectivity index (χ0v) is 13.3. The molecular formula is C18H21F2NO2. The maximum absolute atomic E-state index is 13.8. The molecule has 1 aliphatic heterocycles. The van der Waals surface area contributed by atoms with E-state index >= 15 is 0 Å². The number of benzene rings is 1. The van der Waals surface area contributed by atoms with E-state index in [9.17, 15) is 13.6 Å². The van der Waals surface area contributed by atoms with E-state index in [0.717, 1.165) is 19.1 Å². The summed E-state index contributed by atoms with van der Waals surface area (Å²) in [6.07, 6.45) is 1.85. The third-order valence-corrected chi connectivity index (χ3v) is 5.89. The van der Waals surface area contributed by atoms with Gasteiger partial charge in [-0.25, -0.2) is 8.78 Å². The molecular weight excluding hydrogens is 300 g/mol. The summed E-state index contributed by atoms with van der Waals surface area (Å²) in [6.45, 7) is 5.00. The number of carbonyl (C=O) groups excluding carboxylic acids is 1. The minimum Gasteiger partial charge on any atom is -0.377 e. The summed E-state index contributed by atoms with van der Waals surface area (Å²) in [5, 5.41) is 3.16. The van der Waals surface area contributed by atoms with Gasteiger partial charge in [-0.05, 0) is 30.4 Å². The normalized spacial score (nSPS) is 37.0. The number of rotatable bonds is 3. The lowest BCUT2D eigenvalue weighted by atomic mass is 9.57. The van der Waals surface area contributed by atoms with E-state index in [4.69, 9.17) is 4.74 Å². The first-order valence-corrected chi connectivity index (χ1v) is 8.26. The minimum atomic E-state index is -0.587. The molecule has 4 rings (SSSR count). The molecule has 124 valence electrons. The van der Waals surface area contributed by atoms with Crippen LogP contribution in [0.5, 0.6) is 0 Å². The predicted molar refractivity (Wildman–Crippen MR) is 80.8 cm³/mol. The molecule has 3 aliphatic rings. The Kier molecular flexibility index (Phi) is 3.28. The van der Waals surface area contributed by atoms with Crippen LogP contribution in [0.3, 0.4) is 0 Å². The largest absolute Gasteiger partial charge is 0.377 e. The molecule has 0 aromatic heterocycles. The molecule has 3 nitrogen and oxygen atoms in total. The van der Waals surface area contributed by atoms with Gasteiger partial charge in [0.2, 0.25) is 5.91 Å². The van der Waals surface area contributed by atoms with E-state index in [1.807, 2.05) is 0 Å². The van der Waals surface area contributed by atoms with Gasteiger partial charge in [0.1, 0.15) is 11.6 Å². The Labute approximate surface area is 134 Å². The first-order valence-electron chi connectivity index (χ1n) is 8.26. The van der Waals surface area contributed by atoms with Gasteiger partial charge >= 0.3 is 0 Å². The van der Waals surface area contributed by atoms with Crippen molar-refractivity contribution in [3.63, 3.8) is 0 Å². The molecule has 1 heterocycles. The second-order valence-electron chi connectivity index (χ2n) is 7.67. The van der Waals surface area contributed by atoms with Crippen LogP contribution in [0.2, 0.25) is 0 Å². The third-order valence-electron chi connectivity index (χ3n) is 5.89. The van der Waals surface area contributed by atoms with Gasteiger partial charge in [-0.2, -0.15) is 0 Å². The zero-order valence-electron chi connectivity index (χ0n) is 13.3. The molecule has 5 atom stereocenters. The van der Waals surface area contributed by atoms with Gasteiger partial charge in [0.25, 0.3) is 0 Å². The molecule has 1 saturated heterocycles. The standard InChI is InChI=1S/C18H21F2NO2/c1-18(2)15(11-5-6-23-16(11)18)21-17(22)13-8-12(13)10-4-3-9(19)7-14(10)20/h3-4,7,11-13,15-16H,5-6,8H2,1-2H3,(H,21,22)/t11-,12-,13-,15-,16-/m1/s1. The van der Waals surface area contributed by atoms with Crippen molar-refractivity contribution in [2.75, 3.05) is 6.61 Å². The van der Waals surface area contributed by atoms with E-state index < -0.39 is 11.6 Å². The number of amides is 1. The van der Waals surface area contributed by atoms with Crippen molar-refractivity contribution in [2.24, 2.45) is 17.3 Å². The van der Waals surface area contributed by atoms with Crippen LogP contribution in [0.25, 0.3) is 0 Å². The number of halogens is 2. The molecule has 0 spiro atoms. The Morgan fingerprint density at radius 3 is 2.87 bits per heavy atom. The van der Waals surface area contributed by atoms with Crippen LogP contribution in [0.15, 0.2) is 18.2 Å². The summed E-state index contributed by atoms with van der Waals surface area (Å²) >= 11 is 0. The van der Waals surface area contributed by atoms with E-state index in [0.29, 0.717) is 17.9 Å². The fourth-order valence-corrected chi connectivity index (χ4v) is 4.51. The van der Waals surface area contributed by atoms with Crippen molar-refractivity contribution in [2.45, 2.75) is 44.8 Å². The maximum atomic E-state index is 13.8. The second-order valence-corrected chi connectivity index (χ2v) is 7.67. The van der Waals surface area contributed by atoms with Crippen molar-refractivity contribution in [3.8, 4) is 0 Å². The molecule has 0 radical (unpaired) electrons. The Morgan fingerprint density at radius 1 is 1.35 bits per heavy atom. The van der Waals surface area contributed by atoms with Gasteiger partial charge in [-0.1, -0.05) is 19.9 Å². The smallest absolute Gasteiger partial charge is 0.223 e. The molecule has 1 aromatic rings. The number of fused-ring (bicyclic) bond motifs is 1.